The van der Waals surface area contributed by atoms with Crippen LogP contribution in [0.15, 0.2) is 36.4 Å². The van der Waals surface area contributed by atoms with Gasteiger partial charge in [0, 0.05) is 10.4 Å². The molecular weight excluding hydrogens is 326 g/mol. The van der Waals surface area contributed by atoms with E-state index in [9.17, 15) is 5.21 Å². The highest BCUT2D eigenvalue weighted by Crippen LogP contribution is 2.27. The first-order chi connectivity index (χ1) is 12.9. The summed E-state index contributed by atoms with van der Waals surface area (Å²) < 4.78 is 11.1. The van der Waals surface area contributed by atoms with Crippen LogP contribution in [0.5, 0.6) is 5.75 Å². The highest BCUT2D eigenvalue weighted by atomic mass is 16.6. The minimum atomic E-state index is 0.580. The molecule has 0 bridgehead atoms. The largest absolute Gasteiger partial charge is 0.498 e. The quantitative estimate of drug-likeness (QED) is 0.286. The summed E-state index contributed by atoms with van der Waals surface area (Å²) >= 11 is 0. The van der Waals surface area contributed by atoms with Crippen LogP contribution >= 0.6 is 0 Å². The van der Waals surface area contributed by atoms with E-state index in [4.69, 9.17) is 9.47 Å². The van der Waals surface area contributed by atoms with Crippen molar-refractivity contribution < 1.29 is 9.47 Å². The molecule has 1 fully saturated rings. The summed E-state index contributed by atoms with van der Waals surface area (Å²) in [6.07, 6.45) is 10.5. The molecule has 4 heteroatoms. The molecule has 2 aromatic carbocycles. The van der Waals surface area contributed by atoms with Crippen molar-refractivity contribution in [1.29, 1.82) is 0 Å². The number of rotatable bonds is 11. The molecule has 0 radical (unpaired) electrons. The van der Waals surface area contributed by atoms with E-state index in [1.807, 2.05) is 36.4 Å². The van der Waals surface area contributed by atoms with Gasteiger partial charge in [-0.1, -0.05) is 68.9 Å². The minimum Gasteiger partial charge on any atom is -0.498 e. The van der Waals surface area contributed by atoms with Crippen molar-refractivity contribution >= 4 is 10.8 Å². The molecule has 0 aliphatic carbocycles. The smallest absolute Gasteiger partial charge is 0.341 e. The van der Waals surface area contributed by atoms with Gasteiger partial charge in [0.1, 0.15) is 5.75 Å². The number of hydrogen-bond acceptors (Lipinski definition) is 3. The highest BCUT2D eigenvalue weighted by Gasteiger charge is 2.20. The van der Waals surface area contributed by atoms with Gasteiger partial charge in [-0.3, -0.25) is 0 Å². The highest BCUT2D eigenvalue weighted by molar-refractivity contribution is 5.90. The molecule has 26 heavy (non-hydrogen) atoms. The van der Waals surface area contributed by atoms with Crippen LogP contribution in [-0.2, 0) is 4.74 Å². The molecule has 1 saturated heterocycles. The maximum absolute atomic E-state index is 10.7. The van der Waals surface area contributed by atoms with Gasteiger partial charge in [0.15, 0.2) is 5.56 Å². The molecule has 2 aromatic rings. The van der Waals surface area contributed by atoms with Crippen LogP contribution in [0.2, 0.25) is 0 Å². The second-order valence-electron chi connectivity index (χ2n) is 6.93. The van der Waals surface area contributed by atoms with E-state index >= 15 is 0 Å². The van der Waals surface area contributed by atoms with Crippen LogP contribution in [0.3, 0.4) is 0 Å². The topological polar surface area (TPSA) is 49.2 Å². The lowest BCUT2D eigenvalue weighted by molar-refractivity contribution is 0.304. The maximum Gasteiger partial charge on any atom is 0.341 e. The molecule has 0 N–H and O–H groups in total. The first kappa shape index (κ1) is 18.5. The summed E-state index contributed by atoms with van der Waals surface area (Å²) in [7, 11) is 0. The predicted molar refractivity (Wildman–Crippen MR) is 106 cm³/mol. The Kier molecular flexibility index (Phi) is 7.15. The van der Waals surface area contributed by atoms with Gasteiger partial charge in [0.05, 0.1) is 19.3 Å². The maximum atomic E-state index is 10.7. The molecule has 1 aliphatic heterocycles. The number of nitrogens with zero attached hydrogens (tertiary/aromatic N) is 1. The van der Waals surface area contributed by atoms with Gasteiger partial charge in [-0.05, 0) is 24.3 Å². The van der Waals surface area contributed by atoms with E-state index in [-0.39, 0.29) is 0 Å². The molecule has 3 rings (SSSR count). The Morgan fingerprint density at radius 3 is 2.50 bits per heavy atom. The van der Waals surface area contributed by atoms with Crippen LogP contribution < -0.4 is 4.74 Å². The van der Waals surface area contributed by atoms with Gasteiger partial charge in [-0.25, -0.2) is 0 Å². The van der Waals surface area contributed by atoms with Crippen molar-refractivity contribution in [3.8, 4) is 11.8 Å². The molecule has 1 unspecified atom stereocenters. The van der Waals surface area contributed by atoms with E-state index < -0.39 is 0 Å². The summed E-state index contributed by atoms with van der Waals surface area (Å²) in [6.45, 7) is 1.64. The fourth-order valence-electron chi connectivity index (χ4n) is 3.31. The number of fused-ring (bicyclic) bond motifs is 1. The van der Waals surface area contributed by atoms with Gasteiger partial charge < -0.3 is 14.7 Å². The second-order valence-corrected chi connectivity index (χ2v) is 6.93. The van der Waals surface area contributed by atoms with Gasteiger partial charge in [-0.15, -0.1) is 0 Å². The van der Waals surface area contributed by atoms with Crippen molar-refractivity contribution in [2.45, 2.75) is 57.5 Å². The lowest BCUT2D eigenvalue weighted by atomic mass is 10.0. The molecule has 138 valence electrons. The molecule has 1 heterocycles. The normalized spacial score (nSPS) is 15.5. The Hall–Kier alpha value is -2.25. The van der Waals surface area contributed by atoms with Gasteiger partial charge in [0.25, 0.3) is 0 Å². The van der Waals surface area contributed by atoms with E-state index in [2.05, 4.69) is 11.1 Å². The fourth-order valence-corrected chi connectivity index (χ4v) is 3.31. The number of unbranched alkanes of at least 4 members (excludes halogenated alkanes) is 6. The SMILES string of the molecule is [O-][N+]#Cc1c(OCCCCCCCCCC2CO2)ccc2ccccc12. The van der Waals surface area contributed by atoms with E-state index in [0.29, 0.717) is 24.0 Å². The van der Waals surface area contributed by atoms with Gasteiger partial charge in [-0.2, -0.15) is 0 Å². The lowest BCUT2D eigenvalue weighted by Gasteiger charge is -2.09. The third-order valence-corrected chi connectivity index (χ3v) is 4.88. The molecule has 0 aromatic heterocycles. The summed E-state index contributed by atoms with van der Waals surface area (Å²) in [5, 5.41) is 15.5. The van der Waals surface area contributed by atoms with E-state index in [1.165, 1.54) is 44.9 Å². The van der Waals surface area contributed by atoms with Crippen molar-refractivity contribution in [1.82, 2.24) is 0 Å². The fraction of sp³-hybridized carbons (Fsp3) is 0.500. The minimum absolute atomic E-state index is 0.580. The molecule has 4 nitrogen and oxygen atoms in total. The number of hydrogen-bond donors (Lipinski definition) is 0. The van der Waals surface area contributed by atoms with Crippen LogP contribution in [0.4, 0.5) is 0 Å². The number of benzene rings is 2. The van der Waals surface area contributed by atoms with Crippen LogP contribution in [-0.4, -0.2) is 19.3 Å². The summed E-state index contributed by atoms with van der Waals surface area (Å²) in [5.74, 6) is 0.686. The Morgan fingerprint density at radius 2 is 1.73 bits per heavy atom. The van der Waals surface area contributed by atoms with Crippen molar-refractivity contribution in [3.63, 3.8) is 0 Å². The van der Waals surface area contributed by atoms with Crippen LogP contribution in [0, 0.1) is 11.3 Å². The monoisotopic (exact) mass is 353 g/mol. The molecule has 0 spiro atoms. The molecule has 0 saturated carbocycles. The average Bonchev–Trinajstić information content (AvgIpc) is 3.49. The average molecular weight is 353 g/mol. The van der Waals surface area contributed by atoms with Crippen LogP contribution in [0.1, 0.15) is 56.9 Å². The van der Waals surface area contributed by atoms with Gasteiger partial charge in [0.2, 0.25) is 0 Å². The lowest BCUT2D eigenvalue weighted by Crippen LogP contribution is -1.99. The number of epoxide rings is 1. The Morgan fingerprint density at radius 1 is 1.00 bits per heavy atom. The first-order valence-corrected chi connectivity index (χ1v) is 9.73. The van der Waals surface area contributed by atoms with Crippen molar-refractivity contribution in [2.24, 2.45) is 0 Å². The zero-order chi connectivity index (χ0) is 18.0. The van der Waals surface area contributed by atoms with E-state index in [0.717, 1.165) is 23.8 Å². The standard InChI is InChI=1S/C22H27NO3/c24-23-16-21-20-12-8-7-10-18(20)13-14-22(21)25-15-9-5-3-1-2-4-6-11-19-17-26-19/h7-8,10,12-14,19H,1-6,9,11,15,17H2. The third-order valence-electron chi connectivity index (χ3n) is 4.88. The Labute approximate surface area is 155 Å². The molecular formula is C22H27NO3. The summed E-state index contributed by atoms with van der Waals surface area (Å²) in [4.78, 5) is 0. The first-order valence-electron chi connectivity index (χ1n) is 9.73. The van der Waals surface area contributed by atoms with Gasteiger partial charge >= 0.3 is 6.07 Å². The van der Waals surface area contributed by atoms with Crippen molar-refractivity contribution in [2.75, 3.05) is 13.2 Å². The Balaban J connectivity index is 1.36. The third kappa shape index (κ3) is 5.64. The molecule has 1 aliphatic rings. The molecule has 0 amide bonds. The van der Waals surface area contributed by atoms with E-state index in [1.54, 1.807) is 0 Å². The predicted octanol–water partition coefficient (Wildman–Crippen LogP) is 5.92. The van der Waals surface area contributed by atoms with Crippen molar-refractivity contribution in [3.05, 3.63) is 52.2 Å². The second kappa shape index (κ2) is 10.0. The summed E-state index contributed by atoms with van der Waals surface area (Å²) in [6, 6.07) is 14.3. The van der Waals surface area contributed by atoms with Crippen LogP contribution in [0.25, 0.3) is 15.8 Å². The summed E-state index contributed by atoms with van der Waals surface area (Å²) in [5.41, 5.74) is 0.651. The zero-order valence-corrected chi connectivity index (χ0v) is 15.3. The molecule has 1 atom stereocenters. The zero-order valence-electron chi connectivity index (χ0n) is 15.3. The number of ether oxygens (including phenoxy) is 2. The Bertz CT molecular complexity index is 759.